The molecule has 4 N–H and O–H groups in total. The van der Waals surface area contributed by atoms with Crippen molar-refractivity contribution in [2.75, 3.05) is 16.4 Å². The number of pyridine rings is 1. The standard InChI is InChI=1S/C15H13BrN6/c16-10-5-1-2-6-11(10)21-14-13(17)15(20-9-19-14)22-12-7-3-4-8-18-12/h1-9H,17H2,(H2,18,19,20,21,22). The van der Waals surface area contributed by atoms with Gasteiger partial charge in [-0.15, -0.1) is 0 Å². The summed E-state index contributed by atoms with van der Waals surface area (Å²) < 4.78 is 0.923. The quantitative estimate of drug-likeness (QED) is 0.660. The summed E-state index contributed by atoms with van der Waals surface area (Å²) in [5, 5.41) is 6.26. The smallest absolute Gasteiger partial charge is 0.160 e. The number of nitrogens with two attached hydrogens (primary N) is 1. The number of nitrogens with one attached hydrogen (secondary N) is 2. The van der Waals surface area contributed by atoms with Crippen LogP contribution in [-0.2, 0) is 0 Å². The first-order valence-electron chi connectivity index (χ1n) is 6.54. The van der Waals surface area contributed by atoms with Gasteiger partial charge in [0.1, 0.15) is 17.8 Å². The van der Waals surface area contributed by atoms with E-state index in [-0.39, 0.29) is 0 Å². The monoisotopic (exact) mass is 356 g/mol. The molecule has 0 fully saturated rings. The summed E-state index contributed by atoms with van der Waals surface area (Å²) in [6, 6.07) is 13.3. The number of hydrogen-bond donors (Lipinski definition) is 3. The first-order valence-corrected chi connectivity index (χ1v) is 7.33. The first-order chi connectivity index (χ1) is 10.7. The molecule has 0 bridgehead atoms. The molecule has 0 aliphatic heterocycles. The maximum absolute atomic E-state index is 6.14. The number of nitrogen functional groups attached to an aromatic ring is 1. The molecule has 6 nitrogen and oxygen atoms in total. The highest BCUT2D eigenvalue weighted by atomic mass is 79.9. The van der Waals surface area contributed by atoms with Gasteiger partial charge in [0.15, 0.2) is 11.6 Å². The molecule has 0 aliphatic rings. The number of nitrogens with zero attached hydrogens (tertiary/aromatic N) is 3. The van der Waals surface area contributed by atoms with Crippen LogP contribution in [0.25, 0.3) is 0 Å². The minimum absolute atomic E-state index is 0.420. The van der Waals surface area contributed by atoms with Crippen LogP contribution < -0.4 is 16.4 Å². The zero-order valence-electron chi connectivity index (χ0n) is 11.5. The molecule has 3 aromatic rings. The zero-order chi connectivity index (χ0) is 15.4. The van der Waals surface area contributed by atoms with Gasteiger partial charge < -0.3 is 16.4 Å². The Morgan fingerprint density at radius 2 is 1.59 bits per heavy atom. The molecule has 2 aromatic heterocycles. The summed E-state index contributed by atoms with van der Waals surface area (Å²) in [6.07, 6.45) is 3.14. The van der Waals surface area contributed by atoms with Crippen LogP contribution in [0, 0.1) is 0 Å². The molecule has 0 aliphatic carbocycles. The van der Waals surface area contributed by atoms with Crippen LogP contribution in [-0.4, -0.2) is 15.0 Å². The number of benzene rings is 1. The minimum atomic E-state index is 0.420. The Labute approximate surface area is 136 Å². The Kier molecular flexibility index (Phi) is 4.15. The molecule has 22 heavy (non-hydrogen) atoms. The van der Waals surface area contributed by atoms with Crippen molar-refractivity contribution in [2.24, 2.45) is 0 Å². The molecule has 0 unspecified atom stereocenters. The maximum Gasteiger partial charge on any atom is 0.160 e. The van der Waals surface area contributed by atoms with Crippen molar-refractivity contribution >= 4 is 44.8 Å². The predicted octanol–water partition coefficient (Wildman–Crippen LogP) is 3.70. The van der Waals surface area contributed by atoms with Crippen molar-refractivity contribution < 1.29 is 0 Å². The van der Waals surface area contributed by atoms with Gasteiger partial charge in [-0.3, -0.25) is 0 Å². The molecule has 110 valence electrons. The van der Waals surface area contributed by atoms with E-state index in [9.17, 15) is 0 Å². The summed E-state index contributed by atoms with van der Waals surface area (Å²) in [4.78, 5) is 12.5. The van der Waals surface area contributed by atoms with Crippen LogP contribution in [0.15, 0.2) is 59.5 Å². The van der Waals surface area contributed by atoms with Gasteiger partial charge in [0.25, 0.3) is 0 Å². The Morgan fingerprint density at radius 1 is 0.864 bits per heavy atom. The second-order valence-corrected chi connectivity index (χ2v) is 5.28. The molecule has 2 heterocycles. The molecular weight excluding hydrogens is 344 g/mol. The van der Waals surface area contributed by atoms with Gasteiger partial charge in [0, 0.05) is 10.7 Å². The van der Waals surface area contributed by atoms with E-state index in [1.54, 1.807) is 6.20 Å². The molecule has 1 aromatic carbocycles. The van der Waals surface area contributed by atoms with E-state index in [1.807, 2.05) is 42.5 Å². The predicted molar refractivity (Wildman–Crippen MR) is 91.4 cm³/mol. The van der Waals surface area contributed by atoms with E-state index in [4.69, 9.17) is 5.73 Å². The van der Waals surface area contributed by atoms with Crippen molar-refractivity contribution in [1.29, 1.82) is 0 Å². The zero-order valence-corrected chi connectivity index (χ0v) is 13.1. The molecule has 7 heteroatoms. The van der Waals surface area contributed by atoms with E-state index < -0.39 is 0 Å². The second kappa shape index (κ2) is 6.40. The highest BCUT2D eigenvalue weighted by Crippen LogP contribution is 2.30. The lowest BCUT2D eigenvalue weighted by atomic mass is 10.3. The normalized spacial score (nSPS) is 10.2. The van der Waals surface area contributed by atoms with Gasteiger partial charge >= 0.3 is 0 Å². The van der Waals surface area contributed by atoms with E-state index in [0.717, 1.165) is 10.2 Å². The Balaban J connectivity index is 1.88. The molecular formula is C15H13BrN6. The van der Waals surface area contributed by atoms with Crippen molar-refractivity contribution in [1.82, 2.24) is 15.0 Å². The molecule has 0 amide bonds. The van der Waals surface area contributed by atoms with Gasteiger partial charge in [0.2, 0.25) is 0 Å². The number of halogens is 1. The number of aromatic nitrogens is 3. The topological polar surface area (TPSA) is 88.8 Å². The molecule has 0 spiro atoms. The van der Waals surface area contributed by atoms with Crippen LogP contribution >= 0.6 is 15.9 Å². The van der Waals surface area contributed by atoms with E-state index in [2.05, 4.69) is 41.5 Å². The number of para-hydroxylation sites is 1. The largest absolute Gasteiger partial charge is 0.393 e. The van der Waals surface area contributed by atoms with Crippen LogP contribution in [0.3, 0.4) is 0 Å². The van der Waals surface area contributed by atoms with Gasteiger partial charge in [-0.1, -0.05) is 18.2 Å². The van der Waals surface area contributed by atoms with Crippen LogP contribution in [0.5, 0.6) is 0 Å². The van der Waals surface area contributed by atoms with Crippen molar-refractivity contribution in [3.63, 3.8) is 0 Å². The summed E-state index contributed by atoms with van der Waals surface area (Å²) in [5.41, 5.74) is 7.43. The lowest BCUT2D eigenvalue weighted by molar-refractivity contribution is 1.16. The lowest BCUT2D eigenvalue weighted by Gasteiger charge is -2.12. The number of anilines is 5. The third-order valence-corrected chi connectivity index (χ3v) is 3.61. The van der Waals surface area contributed by atoms with Crippen LogP contribution in [0.1, 0.15) is 0 Å². The van der Waals surface area contributed by atoms with E-state index >= 15 is 0 Å². The van der Waals surface area contributed by atoms with Gasteiger partial charge in [-0.25, -0.2) is 15.0 Å². The fraction of sp³-hybridized carbons (Fsp3) is 0. The van der Waals surface area contributed by atoms with Crippen molar-refractivity contribution in [3.8, 4) is 0 Å². The highest BCUT2D eigenvalue weighted by Gasteiger charge is 2.10. The van der Waals surface area contributed by atoms with Gasteiger partial charge in [-0.2, -0.15) is 0 Å². The molecule has 0 saturated carbocycles. The highest BCUT2D eigenvalue weighted by molar-refractivity contribution is 9.10. The van der Waals surface area contributed by atoms with Crippen LogP contribution in [0.2, 0.25) is 0 Å². The molecule has 0 atom stereocenters. The van der Waals surface area contributed by atoms with E-state index in [1.165, 1.54) is 6.33 Å². The van der Waals surface area contributed by atoms with Crippen molar-refractivity contribution in [3.05, 3.63) is 59.5 Å². The first kappa shape index (κ1) is 14.3. The Morgan fingerprint density at radius 3 is 2.32 bits per heavy atom. The van der Waals surface area contributed by atoms with Gasteiger partial charge in [-0.05, 0) is 40.2 Å². The third-order valence-electron chi connectivity index (χ3n) is 2.92. The summed E-state index contributed by atoms with van der Waals surface area (Å²) in [5.74, 6) is 1.70. The second-order valence-electron chi connectivity index (χ2n) is 4.43. The SMILES string of the molecule is Nc1c(Nc2ccccn2)ncnc1Nc1ccccc1Br. The van der Waals surface area contributed by atoms with E-state index in [0.29, 0.717) is 23.1 Å². The summed E-state index contributed by atoms with van der Waals surface area (Å²) in [6.45, 7) is 0. The number of rotatable bonds is 4. The van der Waals surface area contributed by atoms with Crippen molar-refractivity contribution in [2.45, 2.75) is 0 Å². The Hall–Kier alpha value is -2.67. The molecule has 0 saturated heterocycles. The number of hydrogen-bond acceptors (Lipinski definition) is 6. The average molecular weight is 357 g/mol. The molecule has 3 rings (SSSR count). The Bertz CT molecular complexity index is 778. The fourth-order valence-corrected chi connectivity index (χ4v) is 2.23. The average Bonchev–Trinajstić information content (AvgIpc) is 2.54. The fourth-order valence-electron chi connectivity index (χ4n) is 1.84. The third kappa shape index (κ3) is 3.15. The van der Waals surface area contributed by atoms with Crippen LogP contribution in [0.4, 0.5) is 28.8 Å². The van der Waals surface area contributed by atoms with Gasteiger partial charge in [0.05, 0.1) is 5.69 Å². The molecule has 0 radical (unpaired) electrons. The summed E-state index contributed by atoms with van der Waals surface area (Å²) >= 11 is 3.48. The summed E-state index contributed by atoms with van der Waals surface area (Å²) in [7, 11) is 0. The maximum atomic E-state index is 6.14. The lowest BCUT2D eigenvalue weighted by Crippen LogP contribution is -2.05. The minimum Gasteiger partial charge on any atom is -0.393 e.